The molecule has 2 heterocycles. The Balaban J connectivity index is 1.80. The van der Waals surface area contributed by atoms with E-state index in [0.29, 0.717) is 6.04 Å². The van der Waals surface area contributed by atoms with Gasteiger partial charge in [-0.1, -0.05) is 0 Å². The first-order valence-corrected chi connectivity index (χ1v) is 11.1. The third-order valence-electron chi connectivity index (χ3n) is 7.33. The molecule has 1 saturated carbocycles. The van der Waals surface area contributed by atoms with E-state index in [1.165, 1.54) is 32.5 Å². The van der Waals surface area contributed by atoms with Crippen LogP contribution >= 0.6 is 0 Å². The summed E-state index contributed by atoms with van der Waals surface area (Å²) in [6, 6.07) is 1.02. The van der Waals surface area contributed by atoms with Crippen LogP contribution in [0.25, 0.3) is 0 Å². The maximum atomic E-state index is 13.1. The third kappa shape index (κ3) is 4.29. The largest absolute Gasteiger partial charge is 0.325 e. The molecule has 27 heavy (non-hydrogen) atoms. The van der Waals surface area contributed by atoms with E-state index in [9.17, 15) is 4.79 Å². The Morgan fingerprint density at radius 1 is 1.11 bits per heavy atom. The average molecular weight is 379 g/mol. The number of urea groups is 1. The minimum atomic E-state index is -0.111. The van der Waals surface area contributed by atoms with Gasteiger partial charge in [0.05, 0.1) is 0 Å². The van der Waals surface area contributed by atoms with Gasteiger partial charge >= 0.3 is 6.03 Å². The molecule has 2 aliphatic heterocycles. The summed E-state index contributed by atoms with van der Waals surface area (Å²) in [5.41, 5.74) is 0.113. The number of carbonyl (C=O) groups is 1. The fourth-order valence-corrected chi connectivity index (χ4v) is 5.16. The van der Waals surface area contributed by atoms with Crippen LogP contribution in [0.5, 0.6) is 0 Å². The molecule has 1 aliphatic carbocycles. The second kappa shape index (κ2) is 7.55. The summed E-state index contributed by atoms with van der Waals surface area (Å²) >= 11 is 0. The van der Waals surface area contributed by atoms with E-state index in [-0.39, 0.29) is 23.2 Å². The molecule has 156 valence electrons. The Hall–Kier alpha value is -0.810. The first-order valence-electron chi connectivity index (χ1n) is 11.1. The Morgan fingerprint density at radius 2 is 1.78 bits per heavy atom. The van der Waals surface area contributed by atoms with Gasteiger partial charge in [0.2, 0.25) is 0 Å². The van der Waals surface area contributed by atoms with E-state index in [2.05, 4.69) is 56.2 Å². The number of carbonyl (C=O) groups excluding carboxylic acids is 1. The van der Waals surface area contributed by atoms with E-state index >= 15 is 0 Å². The topological polar surface area (TPSA) is 30.0 Å². The van der Waals surface area contributed by atoms with E-state index in [0.717, 1.165) is 31.8 Å². The number of piperazine rings is 1. The summed E-state index contributed by atoms with van der Waals surface area (Å²) in [5, 5.41) is 0. The average Bonchev–Trinajstić information content (AvgIpc) is 3.38. The first-order chi connectivity index (χ1) is 12.6. The highest BCUT2D eigenvalue weighted by molar-refractivity contribution is 5.75. The number of rotatable bonds is 4. The molecule has 2 saturated heterocycles. The highest BCUT2D eigenvalue weighted by atomic mass is 16.2. The number of piperidine rings is 1. The van der Waals surface area contributed by atoms with Crippen LogP contribution in [-0.2, 0) is 0 Å². The fourth-order valence-electron chi connectivity index (χ4n) is 5.16. The van der Waals surface area contributed by atoms with Crippen LogP contribution in [0.3, 0.4) is 0 Å². The van der Waals surface area contributed by atoms with E-state index < -0.39 is 0 Å². The van der Waals surface area contributed by atoms with E-state index in [4.69, 9.17) is 0 Å². The molecule has 3 rings (SSSR count). The maximum Gasteiger partial charge on any atom is 0.320 e. The van der Waals surface area contributed by atoms with E-state index in [1.807, 2.05) is 11.9 Å². The molecule has 3 aliphatic rings. The Morgan fingerprint density at radius 3 is 2.30 bits per heavy atom. The molecular formula is C22H42N4O. The molecular weight excluding hydrogens is 336 g/mol. The SMILES string of the molecule is CC(C)N1CCN(CC2CC2)C2(CCN(C(=O)N(C)C(C)C)C(C)(C)C2)C1. The van der Waals surface area contributed by atoms with Crippen molar-refractivity contribution in [3.63, 3.8) is 0 Å². The lowest BCUT2D eigenvalue weighted by Gasteiger charge is -2.60. The Kier molecular flexibility index (Phi) is 5.85. The predicted octanol–water partition coefficient (Wildman–Crippen LogP) is 3.50. The summed E-state index contributed by atoms with van der Waals surface area (Å²) in [6.07, 6.45) is 5.00. The third-order valence-corrected chi connectivity index (χ3v) is 7.33. The van der Waals surface area contributed by atoms with Crippen LogP contribution in [0.4, 0.5) is 4.79 Å². The zero-order valence-corrected chi connectivity index (χ0v) is 18.8. The maximum absolute atomic E-state index is 13.1. The van der Waals surface area contributed by atoms with Crippen molar-refractivity contribution in [3.8, 4) is 0 Å². The lowest BCUT2D eigenvalue weighted by molar-refractivity contribution is -0.0809. The van der Waals surface area contributed by atoms with Gasteiger partial charge in [-0.2, -0.15) is 0 Å². The van der Waals surface area contributed by atoms with Crippen molar-refractivity contribution in [1.82, 2.24) is 19.6 Å². The smallest absolute Gasteiger partial charge is 0.320 e. The zero-order valence-electron chi connectivity index (χ0n) is 18.8. The summed E-state index contributed by atoms with van der Waals surface area (Å²) in [5.74, 6) is 0.919. The van der Waals surface area contributed by atoms with Gasteiger partial charge in [0, 0.05) is 62.9 Å². The van der Waals surface area contributed by atoms with Gasteiger partial charge in [-0.3, -0.25) is 9.80 Å². The van der Waals surface area contributed by atoms with Crippen LogP contribution in [-0.4, -0.2) is 88.6 Å². The van der Waals surface area contributed by atoms with Gasteiger partial charge in [0.1, 0.15) is 0 Å². The molecule has 0 aromatic rings. The summed E-state index contributed by atoms with van der Waals surface area (Å²) in [7, 11) is 1.94. The van der Waals surface area contributed by atoms with Crippen molar-refractivity contribution < 1.29 is 4.79 Å². The van der Waals surface area contributed by atoms with Gasteiger partial charge in [-0.25, -0.2) is 4.79 Å². The van der Waals surface area contributed by atoms with Crippen LogP contribution in [0, 0.1) is 5.92 Å². The Labute approximate surface area is 167 Å². The van der Waals surface area contributed by atoms with Gasteiger partial charge in [0.25, 0.3) is 0 Å². The van der Waals surface area contributed by atoms with Crippen molar-refractivity contribution in [2.45, 2.75) is 90.4 Å². The molecule has 3 fully saturated rings. The molecule has 5 heteroatoms. The van der Waals surface area contributed by atoms with Crippen molar-refractivity contribution in [2.24, 2.45) is 5.92 Å². The standard InChI is InChI=1S/C22H42N4O/c1-17(2)23(7)20(27)26-11-10-22(15-21(26,5)6)16-24(18(3)4)12-13-25(22)14-19-8-9-19/h17-19H,8-16H2,1-7H3. The first kappa shape index (κ1) is 20.9. The zero-order chi connectivity index (χ0) is 20.0. The predicted molar refractivity (Wildman–Crippen MR) is 112 cm³/mol. The minimum Gasteiger partial charge on any atom is -0.325 e. The summed E-state index contributed by atoms with van der Waals surface area (Å²) < 4.78 is 0. The van der Waals surface area contributed by atoms with Crippen LogP contribution in [0.15, 0.2) is 0 Å². The van der Waals surface area contributed by atoms with Crippen LogP contribution in [0.1, 0.15) is 67.2 Å². The number of hydrogen-bond donors (Lipinski definition) is 0. The molecule has 0 aromatic carbocycles. The number of hydrogen-bond acceptors (Lipinski definition) is 3. The molecule has 1 spiro atoms. The van der Waals surface area contributed by atoms with Crippen molar-refractivity contribution in [2.75, 3.05) is 39.8 Å². The fraction of sp³-hybridized carbons (Fsp3) is 0.955. The highest BCUT2D eigenvalue weighted by Gasteiger charge is 2.52. The lowest BCUT2D eigenvalue weighted by atomic mass is 9.74. The highest BCUT2D eigenvalue weighted by Crippen LogP contribution is 2.43. The van der Waals surface area contributed by atoms with E-state index in [1.54, 1.807) is 0 Å². The quantitative estimate of drug-likeness (QED) is 0.750. The Bertz CT molecular complexity index is 542. The minimum absolute atomic E-state index is 0.111. The molecule has 0 radical (unpaired) electrons. The molecule has 5 nitrogen and oxygen atoms in total. The summed E-state index contributed by atoms with van der Waals surface area (Å²) in [4.78, 5) is 22.6. The molecule has 1 atom stereocenters. The monoisotopic (exact) mass is 378 g/mol. The number of nitrogens with zero attached hydrogens (tertiary/aromatic N) is 4. The molecule has 0 bridgehead atoms. The molecule has 0 aromatic heterocycles. The van der Waals surface area contributed by atoms with Crippen LogP contribution < -0.4 is 0 Å². The van der Waals surface area contributed by atoms with Gasteiger partial charge in [-0.15, -0.1) is 0 Å². The second-order valence-corrected chi connectivity index (χ2v) is 10.6. The number of likely N-dealkylation sites (tertiary alicyclic amines) is 1. The molecule has 1 unspecified atom stereocenters. The lowest BCUT2D eigenvalue weighted by Crippen LogP contribution is -2.71. The number of amides is 2. The summed E-state index contributed by atoms with van der Waals surface area (Å²) in [6.45, 7) is 19.1. The second-order valence-electron chi connectivity index (χ2n) is 10.6. The van der Waals surface area contributed by atoms with Gasteiger partial charge in [0.15, 0.2) is 0 Å². The normalized spacial score (nSPS) is 29.7. The van der Waals surface area contributed by atoms with Crippen LogP contribution in [0.2, 0.25) is 0 Å². The molecule has 0 N–H and O–H groups in total. The molecule has 2 amide bonds. The van der Waals surface area contributed by atoms with Crippen molar-refractivity contribution >= 4 is 6.03 Å². The van der Waals surface area contributed by atoms with Gasteiger partial charge < -0.3 is 9.80 Å². The van der Waals surface area contributed by atoms with Gasteiger partial charge in [-0.05, 0) is 73.1 Å². The van der Waals surface area contributed by atoms with Crippen molar-refractivity contribution in [3.05, 3.63) is 0 Å². The van der Waals surface area contributed by atoms with Crippen molar-refractivity contribution in [1.29, 1.82) is 0 Å².